The molecule has 29 heavy (non-hydrogen) atoms. The van der Waals surface area contributed by atoms with E-state index < -0.39 is 0 Å². The fourth-order valence-corrected chi connectivity index (χ4v) is 4.61. The Labute approximate surface area is 174 Å². The Morgan fingerprint density at radius 3 is 2.10 bits per heavy atom. The van der Waals surface area contributed by atoms with Crippen LogP contribution in [0.4, 0.5) is 0 Å². The summed E-state index contributed by atoms with van der Waals surface area (Å²) in [4.78, 5) is 20.5. The first-order chi connectivity index (χ1) is 14.0. The number of methoxy groups -OCH3 is 1. The number of nitrogens with zero attached hydrogens (tertiary/aromatic N) is 2. The molecule has 0 aliphatic rings. The van der Waals surface area contributed by atoms with Gasteiger partial charge in [0.05, 0.1) is 18.5 Å². The largest absolute Gasteiger partial charge is 0.383 e. The molecule has 4 nitrogen and oxygen atoms in total. The number of ether oxygens (including phenoxy) is 1. The van der Waals surface area contributed by atoms with E-state index in [4.69, 9.17) is 9.72 Å². The molecule has 0 aliphatic carbocycles. The first-order valence-electron chi connectivity index (χ1n) is 9.66. The Balaban J connectivity index is 2.00. The van der Waals surface area contributed by atoms with Crippen molar-refractivity contribution >= 4 is 21.6 Å². The zero-order chi connectivity index (χ0) is 20.5. The molecule has 0 saturated heterocycles. The minimum Gasteiger partial charge on any atom is -0.383 e. The molecule has 0 unspecified atom stereocenters. The van der Waals surface area contributed by atoms with Crippen LogP contribution in [0.5, 0.6) is 0 Å². The molecule has 4 aromatic rings. The first-order valence-corrected chi connectivity index (χ1v) is 10.5. The van der Waals surface area contributed by atoms with Gasteiger partial charge >= 0.3 is 0 Å². The van der Waals surface area contributed by atoms with Gasteiger partial charge in [-0.3, -0.25) is 9.36 Å². The minimum absolute atomic E-state index is 0.0115. The smallest absolute Gasteiger partial charge is 0.263 e. The third-order valence-corrected chi connectivity index (χ3v) is 6.16. The van der Waals surface area contributed by atoms with Gasteiger partial charge < -0.3 is 4.74 Å². The summed E-state index contributed by atoms with van der Waals surface area (Å²) in [5.74, 6) is 0.691. The normalized spacial score (nSPS) is 11.3. The molecule has 0 bridgehead atoms. The van der Waals surface area contributed by atoms with Crippen LogP contribution in [0.15, 0.2) is 53.3 Å². The van der Waals surface area contributed by atoms with Crippen molar-refractivity contribution in [2.75, 3.05) is 13.7 Å². The molecule has 0 fully saturated rings. The van der Waals surface area contributed by atoms with Crippen LogP contribution in [0.3, 0.4) is 0 Å². The average Bonchev–Trinajstić information content (AvgIpc) is 3.04. The van der Waals surface area contributed by atoms with Crippen molar-refractivity contribution in [1.29, 1.82) is 0 Å². The Morgan fingerprint density at radius 1 is 0.931 bits per heavy atom. The van der Waals surface area contributed by atoms with E-state index >= 15 is 0 Å². The van der Waals surface area contributed by atoms with Crippen molar-refractivity contribution in [3.8, 4) is 22.5 Å². The van der Waals surface area contributed by atoms with E-state index in [2.05, 4.69) is 45.0 Å². The predicted molar refractivity (Wildman–Crippen MR) is 121 cm³/mol. The summed E-state index contributed by atoms with van der Waals surface area (Å²) in [5.41, 5.74) is 5.34. The van der Waals surface area contributed by atoms with Crippen LogP contribution in [0.1, 0.15) is 16.0 Å². The highest BCUT2D eigenvalue weighted by molar-refractivity contribution is 7.19. The highest BCUT2D eigenvalue weighted by Gasteiger charge is 2.20. The minimum atomic E-state index is -0.0115. The van der Waals surface area contributed by atoms with Gasteiger partial charge in [0.25, 0.3) is 5.56 Å². The second-order valence-corrected chi connectivity index (χ2v) is 8.53. The molecule has 0 amide bonds. The van der Waals surface area contributed by atoms with Crippen molar-refractivity contribution < 1.29 is 4.74 Å². The van der Waals surface area contributed by atoms with Gasteiger partial charge in [-0.15, -0.1) is 11.3 Å². The number of hydrogen-bond donors (Lipinski definition) is 0. The van der Waals surface area contributed by atoms with Crippen LogP contribution < -0.4 is 5.56 Å². The van der Waals surface area contributed by atoms with Gasteiger partial charge in [0.15, 0.2) is 0 Å². The fourth-order valence-electron chi connectivity index (χ4n) is 3.58. The summed E-state index contributed by atoms with van der Waals surface area (Å²) in [5, 5.41) is 0.698. The maximum Gasteiger partial charge on any atom is 0.263 e. The van der Waals surface area contributed by atoms with Crippen LogP contribution in [0, 0.1) is 20.8 Å². The van der Waals surface area contributed by atoms with Crippen LogP contribution >= 0.6 is 11.3 Å². The Morgan fingerprint density at radius 2 is 1.52 bits per heavy atom. The van der Waals surface area contributed by atoms with E-state index in [1.165, 1.54) is 11.1 Å². The predicted octanol–water partition coefficient (Wildman–Crippen LogP) is 5.36. The third-order valence-electron chi connectivity index (χ3n) is 5.16. The van der Waals surface area contributed by atoms with Crippen LogP contribution in [0.25, 0.3) is 32.7 Å². The highest BCUT2D eigenvalue weighted by Crippen LogP contribution is 2.36. The zero-order valence-corrected chi connectivity index (χ0v) is 18.0. The van der Waals surface area contributed by atoms with E-state index in [0.717, 1.165) is 26.4 Å². The van der Waals surface area contributed by atoms with Gasteiger partial charge in [-0.05, 0) is 26.3 Å². The van der Waals surface area contributed by atoms with E-state index in [1.807, 2.05) is 24.3 Å². The lowest BCUT2D eigenvalue weighted by atomic mass is 10.0. The molecule has 0 aliphatic heterocycles. The zero-order valence-electron chi connectivity index (χ0n) is 17.2. The molecular formula is C24H24N2O2S. The molecule has 0 spiro atoms. The molecule has 2 aromatic heterocycles. The van der Waals surface area contributed by atoms with Gasteiger partial charge in [-0.1, -0.05) is 59.7 Å². The SMILES string of the molecule is COCCn1c(-c2ccc(C)cc2)nc2sc(C)c(-c3ccc(C)cc3)c2c1=O. The molecule has 0 N–H and O–H groups in total. The third kappa shape index (κ3) is 3.63. The van der Waals surface area contributed by atoms with Crippen molar-refractivity contribution in [3.63, 3.8) is 0 Å². The number of hydrogen-bond acceptors (Lipinski definition) is 4. The van der Waals surface area contributed by atoms with Crippen molar-refractivity contribution in [2.24, 2.45) is 0 Å². The Kier molecular flexibility index (Phi) is 5.35. The number of aromatic nitrogens is 2. The molecular weight excluding hydrogens is 380 g/mol. The van der Waals surface area contributed by atoms with Gasteiger partial charge in [-0.2, -0.15) is 0 Å². The van der Waals surface area contributed by atoms with Crippen LogP contribution in [0.2, 0.25) is 0 Å². The summed E-state index contributed by atoms with van der Waals surface area (Å²) < 4.78 is 7.02. The topological polar surface area (TPSA) is 44.1 Å². The quantitative estimate of drug-likeness (QED) is 0.449. The lowest BCUT2D eigenvalue weighted by molar-refractivity contribution is 0.186. The first kappa shape index (κ1) is 19.6. The van der Waals surface area contributed by atoms with E-state index in [1.54, 1.807) is 23.0 Å². The van der Waals surface area contributed by atoms with E-state index in [9.17, 15) is 4.79 Å². The fraction of sp³-hybridized carbons (Fsp3) is 0.250. The molecule has 2 heterocycles. The van der Waals surface area contributed by atoms with Gasteiger partial charge in [0.2, 0.25) is 0 Å². The van der Waals surface area contributed by atoms with Crippen LogP contribution in [-0.2, 0) is 11.3 Å². The maximum atomic E-state index is 13.6. The maximum absolute atomic E-state index is 13.6. The standard InChI is InChI=1S/C24H24N2O2S/c1-15-5-9-18(10-6-15)20-17(3)29-23-21(20)24(27)26(13-14-28-4)22(25-23)19-11-7-16(2)8-12-19/h5-12H,13-14H2,1-4H3. The van der Waals surface area contributed by atoms with Gasteiger partial charge in [-0.25, -0.2) is 4.98 Å². The highest BCUT2D eigenvalue weighted by atomic mass is 32.1. The monoisotopic (exact) mass is 404 g/mol. The molecule has 4 rings (SSSR count). The van der Waals surface area contributed by atoms with E-state index in [-0.39, 0.29) is 5.56 Å². The summed E-state index contributed by atoms with van der Waals surface area (Å²) in [7, 11) is 1.65. The lowest BCUT2D eigenvalue weighted by Crippen LogP contribution is -2.25. The summed E-state index contributed by atoms with van der Waals surface area (Å²) in [6, 6.07) is 16.5. The molecule has 148 valence electrons. The van der Waals surface area contributed by atoms with Crippen LogP contribution in [-0.4, -0.2) is 23.3 Å². The molecule has 2 aromatic carbocycles. The number of rotatable bonds is 5. The van der Waals surface area contributed by atoms with Crippen molar-refractivity contribution in [2.45, 2.75) is 27.3 Å². The van der Waals surface area contributed by atoms with Gasteiger partial charge in [0.1, 0.15) is 10.7 Å². The van der Waals surface area contributed by atoms with Crippen molar-refractivity contribution in [3.05, 3.63) is 74.9 Å². The molecule has 0 saturated carbocycles. The number of benzene rings is 2. The Hall–Kier alpha value is -2.76. The number of fused-ring (bicyclic) bond motifs is 1. The van der Waals surface area contributed by atoms with Gasteiger partial charge in [0, 0.05) is 23.1 Å². The molecule has 0 atom stereocenters. The average molecular weight is 405 g/mol. The van der Waals surface area contributed by atoms with Crippen molar-refractivity contribution in [1.82, 2.24) is 9.55 Å². The summed E-state index contributed by atoms with van der Waals surface area (Å²) >= 11 is 1.58. The summed E-state index contributed by atoms with van der Waals surface area (Å²) in [6.45, 7) is 7.09. The molecule has 5 heteroatoms. The number of aryl methyl sites for hydroxylation is 3. The lowest BCUT2D eigenvalue weighted by Gasteiger charge is -2.13. The Bertz CT molecular complexity index is 1220. The molecule has 0 radical (unpaired) electrons. The summed E-state index contributed by atoms with van der Waals surface area (Å²) in [6.07, 6.45) is 0. The second kappa shape index (κ2) is 7.93. The second-order valence-electron chi connectivity index (χ2n) is 7.33. The number of thiophene rings is 1. The van der Waals surface area contributed by atoms with E-state index in [0.29, 0.717) is 24.4 Å².